The van der Waals surface area contributed by atoms with Crippen LogP contribution in [-0.4, -0.2) is 37.8 Å². The number of hydrogen-bond acceptors (Lipinski definition) is 3. The quantitative estimate of drug-likeness (QED) is 0.880. The minimum Gasteiger partial charge on any atom is -0.354 e. The van der Waals surface area contributed by atoms with E-state index in [1.165, 1.54) is 11.2 Å². The average Bonchev–Trinajstić information content (AvgIpc) is 2.41. The summed E-state index contributed by atoms with van der Waals surface area (Å²) in [6.45, 7) is 4.13. The van der Waals surface area contributed by atoms with Gasteiger partial charge < -0.3 is 5.32 Å². The number of rotatable bonds is 3. The van der Waals surface area contributed by atoms with E-state index in [0.717, 1.165) is 10.0 Å². The van der Waals surface area contributed by atoms with E-state index in [-0.39, 0.29) is 11.9 Å². The smallest absolute Gasteiger partial charge is 0.243 e. The number of carbonyl (C=O) groups excluding carboxylic acids is 1. The van der Waals surface area contributed by atoms with E-state index < -0.39 is 10.0 Å². The van der Waals surface area contributed by atoms with Gasteiger partial charge in [-0.15, -0.1) is 0 Å². The lowest BCUT2D eigenvalue weighted by atomic mass is 10.1. The number of hydrogen-bond donors (Lipinski definition) is 1. The van der Waals surface area contributed by atoms with Crippen LogP contribution in [0.2, 0.25) is 0 Å². The zero-order valence-corrected chi connectivity index (χ0v) is 14.5. The van der Waals surface area contributed by atoms with Crippen LogP contribution in [0, 0.1) is 6.92 Å². The molecule has 0 radical (unpaired) electrons. The number of halogens is 1. The van der Waals surface area contributed by atoms with Gasteiger partial charge in [-0.05, 0) is 37.5 Å². The zero-order chi connectivity index (χ0) is 15.6. The molecule has 0 atom stereocenters. The number of sulfonamides is 1. The first-order valence-corrected chi connectivity index (χ1v) is 9.07. The molecule has 21 heavy (non-hydrogen) atoms. The Hall–Kier alpha value is -0.920. The van der Waals surface area contributed by atoms with Crippen molar-refractivity contribution in [2.45, 2.75) is 37.6 Å². The fourth-order valence-electron chi connectivity index (χ4n) is 2.52. The minimum absolute atomic E-state index is 0.0672. The molecule has 2 rings (SSSR count). The molecule has 0 aliphatic carbocycles. The van der Waals surface area contributed by atoms with Crippen LogP contribution in [0.15, 0.2) is 27.6 Å². The fraction of sp³-hybridized carbons (Fsp3) is 0.500. The number of amides is 1. The summed E-state index contributed by atoms with van der Waals surface area (Å²) < 4.78 is 27.7. The molecule has 0 unspecified atom stereocenters. The van der Waals surface area contributed by atoms with Gasteiger partial charge in [-0.25, -0.2) is 8.42 Å². The highest BCUT2D eigenvalue weighted by molar-refractivity contribution is 9.10. The lowest BCUT2D eigenvalue weighted by molar-refractivity contribution is -0.119. The molecule has 0 spiro atoms. The van der Waals surface area contributed by atoms with Crippen LogP contribution in [0.25, 0.3) is 0 Å². The zero-order valence-electron chi connectivity index (χ0n) is 12.1. The molecular weight excluding hydrogens is 356 g/mol. The Morgan fingerprint density at radius 3 is 2.52 bits per heavy atom. The molecule has 1 saturated heterocycles. The van der Waals surface area contributed by atoms with Crippen molar-refractivity contribution < 1.29 is 13.2 Å². The third-order valence-electron chi connectivity index (χ3n) is 3.63. The Morgan fingerprint density at radius 1 is 1.33 bits per heavy atom. The second-order valence-corrected chi connectivity index (χ2v) is 8.11. The number of nitrogens with zero attached hydrogens (tertiary/aromatic N) is 1. The van der Waals surface area contributed by atoms with Gasteiger partial charge >= 0.3 is 0 Å². The molecule has 5 nitrogen and oxygen atoms in total. The van der Waals surface area contributed by atoms with Crippen molar-refractivity contribution in [3.05, 3.63) is 28.2 Å². The summed E-state index contributed by atoms with van der Waals surface area (Å²) in [5.41, 5.74) is 0.738. The molecule has 1 aromatic carbocycles. The van der Waals surface area contributed by atoms with Gasteiger partial charge in [0.2, 0.25) is 15.9 Å². The standard InChI is InChI=1S/C14H19BrN2O3S/c1-10-3-4-12(15)9-14(10)21(19,20)17-7-5-13(6-8-17)16-11(2)18/h3-4,9,13H,5-8H2,1-2H3,(H,16,18). The van der Waals surface area contributed by atoms with Crippen molar-refractivity contribution in [2.24, 2.45) is 0 Å². The molecular formula is C14H19BrN2O3S. The maximum Gasteiger partial charge on any atom is 0.243 e. The highest BCUT2D eigenvalue weighted by atomic mass is 79.9. The highest BCUT2D eigenvalue weighted by Gasteiger charge is 2.30. The van der Waals surface area contributed by atoms with Gasteiger partial charge in [0.1, 0.15) is 0 Å². The Bertz CT molecular complexity index is 638. The fourth-order valence-corrected chi connectivity index (χ4v) is 4.75. The minimum atomic E-state index is -3.48. The Labute approximate surface area is 133 Å². The summed E-state index contributed by atoms with van der Waals surface area (Å²) in [6, 6.07) is 5.33. The van der Waals surface area contributed by atoms with Crippen molar-refractivity contribution in [3.63, 3.8) is 0 Å². The summed E-state index contributed by atoms with van der Waals surface area (Å²) in [6.07, 6.45) is 1.29. The van der Waals surface area contributed by atoms with E-state index in [1.54, 1.807) is 19.1 Å². The first-order valence-electron chi connectivity index (χ1n) is 6.84. The summed E-state index contributed by atoms with van der Waals surface area (Å²) in [4.78, 5) is 11.4. The number of nitrogens with one attached hydrogen (secondary N) is 1. The number of piperidine rings is 1. The molecule has 116 valence electrons. The van der Waals surface area contributed by atoms with Crippen LogP contribution >= 0.6 is 15.9 Å². The van der Waals surface area contributed by atoms with Crippen LogP contribution < -0.4 is 5.32 Å². The van der Waals surface area contributed by atoms with Crippen molar-refractivity contribution in [1.82, 2.24) is 9.62 Å². The molecule has 1 aliphatic rings. The van der Waals surface area contributed by atoms with Crippen molar-refractivity contribution in [3.8, 4) is 0 Å². The number of benzene rings is 1. The van der Waals surface area contributed by atoms with Gasteiger partial charge in [-0.2, -0.15) is 4.31 Å². The molecule has 1 amide bonds. The van der Waals surface area contributed by atoms with Gasteiger partial charge in [0, 0.05) is 30.5 Å². The third-order valence-corrected chi connectivity index (χ3v) is 6.16. The lowest BCUT2D eigenvalue weighted by Crippen LogP contribution is -2.46. The van der Waals surface area contributed by atoms with Gasteiger partial charge in [0.05, 0.1) is 4.90 Å². The van der Waals surface area contributed by atoms with E-state index in [4.69, 9.17) is 0 Å². The molecule has 0 aromatic heterocycles. The SMILES string of the molecule is CC(=O)NC1CCN(S(=O)(=O)c2cc(Br)ccc2C)CC1. The van der Waals surface area contributed by atoms with E-state index in [0.29, 0.717) is 30.8 Å². The summed E-state index contributed by atoms with van der Waals surface area (Å²) in [5, 5.41) is 2.85. The summed E-state index contributed by atoms with van der Waals surface area (Å²) >= 11 is 3.32. The molecule has 0 saturated carbocycles. The maximum absolute atomic E-state index is 12.7. The van der Waals surface area contributed by atoms with Crippen molar-refractivity contribution in [1.29, 1.82) is 0 Å². The van der Waals surface area contributed by atoms with Crippen LogP contribution in [0.4, 0.5) is 0 Å². The largest absolute Gasteiger partial charge is 0.354 e. The Kier molecular flexibility index (Phi) is 5.06. The van der Waals surface area contributed by atoms with E-state index in [9.17, 15) is 13.2 Å². The number of aryl methyl sites for hydroxylation is 1. The Morgan fingerprint density at radius 2 is 1.95 bits per heavy atom. The molecule has 1 fully saturated rings. The predicted octanol–water partition coefficient (Wildman–Crippen LogP) is 2.05. The maximum atomic E-state index is 12.7. The lowest BCUT2D eigenvalue weighted by Gasteiger charge is -2.31. The van der Waals surface area contributed by atoms with Gasteiger partial charge in [0.25, 0.3) is 0 Å². The summed E-state index contributed by atoms with van der Waals surface area (Å²) in [5.74, 6) is -0.0702. The van der Waals surface area contributed by atoms with Crippen LogP contribution in [0.5, 0.6) is 0 Å². The molecule has 1 aromatic rings. The first kappa shape index (κ1) is 16.5. The normalized spacial score (nSPS) is 17.7. The Balaban J connectivity index is 2.15. The predicted molar refractivity (Wildman–Crippen MR) is 84.5 cm³/mol. The van der Waals surface area contributed by atoms with E-state index >= 15 is 0 Å². The monoisotopic (exact) mass is 374 g/mol. The second-order valence-electron chi connectivity index (χ2n) is 5.29. The topological polar surface area (TPSA) is 66.5 Å². The first-order chi connectivity index (χ1) is 9.80. The molecule has 1 heterocycles. The third kappa shape index (κ3) is 3.84. The van der Waals surface area contributed by atoms with Gasteiger partial charge in [-0.1, -0.05) is 22.0 Å². The van der Waals surface area contributed by atoms with Crippen molar-refractivity contribution in [2.75, 3.05) is 13.1 Å². The van der Waals surface area contributed by atoms with Crippen LogP contribution in [0.3, 0.4) is 0 Å². The van der Waals surface area contributed by atoms with Gasteiger partial charge in [-0.3, -0.25) is 4.79 Å². The van der Waals surface area contributed by atoms with Crippen LogP contribution in [0.1, 0.15) is 25.3 Å². The average molecular weight is 375 g/mol. The number of carbonyl (C=O) groups is 1. The van der Waals surface area contributed by atoms with Crippen LogP contribution in [-0.2, 0) is 14.8 Å². The molecule has 7 heteroatoms. The van der Waals surface area contributed by atoms with E-state index in [1.807, 2.05) is 6.07 Å². The highest BCUT2D eigenvalue weighted by Crippen LogP contribution is 2.26. The molecule has 0 bridgehead atoms. The van der Waals surface area contributed by atoms with Crippen molar-refractivity contribution >= 4 is 31.9 Å². The molecule has 1 N–H and O–H groups in total. The summed E-state index contributed by atoms with van der Waals surface area (Å²) in [7, 11) is -3.48. The van der Waals surface area contributed by atoms with E-state index in [2.05, 4.69) is 21.2 Å². The second kappa shape index (κ2) is 6.46. The van der Waals surface area contributed by atoms with Gasteiger partial charge in [0.15, 0.2) is 0 Å². The molecule has 1 aliphatic heterocycles.